The van der Waals surface area contributed by atoms with Gasteiger partial charge in [-0.3, -0.25) is 0 Å². The fourth-order valence-electron chi connectivity index (χ4n) is 2.91. The number of benzene rings is 3. The zero-order chi connectivity index (χ0) is 21.1. The molecule has 5 nitrogen and oxygen atoms in total. The number of carbonyl (C=O) groups is 2. The topological polar surface area (TPSA) is 65.0 Å². The van der Waals surface area contributed by atoms with Gasteiger partial charge in [0.2, 0.25) is 5.90 Å². The fraction of sp³-hybridized carbons (Fsp3) is 0.0417. The zero-order valence-corrected chi connectivity index (χ0v) is 16.7. The monoisotopic (exact) mass is 417 g/mol. The number of ether oxygens (including phenoxy) is 2. The lowest BCUT2D eigenvalue weighted by Crippen LogP contribution is -2.09. The number of nitrogens with zero attached hydrogens (tertiary/aromatic N) is 1. The van der Waals surface area contributed by atoms with E-state index in [9.17, 15) is 9.59 Å². The van der Waals surface area contributed by atoms with Crippen LogP contribution in [0.1, 0.15) is 27.0 Å². The Labute approximate surface area is 178 Å². The molecule has 3 aromatic rings. The largest absolute Gasteiger partial charge is 0.423 e. The van der Waals surface area contributed by atoms with Gasteiger partial charge in [0.1, 0.15) is 5.75 Å². The number of cyclic esters (lactones) is 1. The second-order valence-electron chi connectivity index (χ2n) is 6.59. The Morgan fingerprint density at radius 2 is 1.70 bits per heavy atom. The number of hydrogen-bond acceptors (Lipinski definition) is 5. The first-order valence-corrected chi connectivity index (χ1v) is 9.54. The maximum absolute atomic E-state index is 12.3. The van der Waals surface area contributed by atoms with Crippen LogP contribution in [0, 0.1) is 6.92 Å². The minimum Gasteiger partial charge on any atom is -0.423 e. The number of aliphatic imine (C=N–C) groups is 1. The van der Waals surface area contributed by atoms with Crippen molar-refractivity contribution in [2.24, 2.45) is 4.99 Å². The first-order chi connectivity index (χ1) is 14.5. The summed E-state index contributed by atoms with van der Waals surface area (Å²) in [7, 11) is 0. The molecule has 0 aliphatic carbocycles. The average molecular weight is 418 g/mol. The van der Waals surface area contributed by atoms with Crippen LogP contribution >= 0.6 is 11.6 Å². The van der Waals surface area contributed by atoms with Gasteiger partial charge < -0.3 is 9.47 Å². The average Bonchev–Trinajstić information content (AvgIpc) is 3.10. The molecule has 1 aliphatic rings. The summed E-state index contributed by atoms with van der Waals surface area (Å²) in [6.45, 7) is 1.85. The molecule has 1 heterocycles. The Kier molecular flexibility index (Phi) is 5.46. The van der Waals surface area contributed by atoms with Crippen molar-refractivity contribution in [3.63, 3.8) is 0 Å². The highest BCUT2D eigenvalue weighted by atomic mass is 35.5. The van der Waals surface area contributed by atoms with Gasteiger partial charge in [0, 0.05) is 0 Å². The molecule has 0 N–H and O–H groups in total. The molecule has 4 rings (SSSR count). The van der Waals surface area contributed by atoms with Gasteiger partial charge in [0.15, 0.2) is 5.70 Å². The summed E-state index contributed by atoms with van der Waals surface area (Å²) in [5, 5.41) is 0.449. The molecular formula is C24H16ClNO4. The lowest BCUT2D eigenvalue weighted by Gasteiger charge is -2.06. The van der Waals surface area contributed by atoms with Crippen LogP contribution in [0.25, 0.3) is 6.08 Å². The van der Waals surface area contributed by atoms with E-state index in [1.165, 1.54) is 0 Å². The number of halogens is 1. The van der Waals surface area contributed by atoms with Crippen LogP contribution in [-0.4, -0.2) is 17.8 Å². The van der Waals surface area contributed by atoms with Crippen LogP contribution in [0.3, 0.4) is 0 Å². The smallest absolute Gasteiger partial charge is 0.363 e. The summed E-state index contributed by atoms with van der Waals surface area (Å²) >= 11 is 6.14. The summed E-state index contributed by atoms with van der Waals surface area (Å²) in [6.07, 6.45) is 1.60. The van der Waals surface area contributed by atoms with Crippen LogP contribution in [0.15, 0.2) is 83.5 Å². The van der Waals surface area contributed by atoms with Crippen LogP contribution < -0.4 is 4.74 Å². The number of carbonyl (C=O) groups excluding carboxylic acids is 2. The van der Waals surface area contributed by atoms with E-state index in [2.05, 4.69) is 4.99 Å². The van der Waals surface area contributed by atoms with Crippen molar-refractivity contribution in [1.29, 1.82) is 0 Å². The van der Waals surface area contributed by atoms with Crippen molar-refractivity contribution in [2.45, 2.75) is 6.92 Å². The van der Waals surface area contributed by atoms with Crippen LogP contribution in [0.4, 0.5) is 0 Å². The third kappa shape index (κ3) is 4.16. The molecule has 1 aliphatic heterocycles. The molecule has 0 saturated heterocycles. The van der Waals surface area contributed by atoms with E-state index >= 15 is 0 Å². The van der Waals surface area contributed by atoms with Crippen molar-refractivity contribution in [2.75, 3.05) is 0 Å². The normalized spacial score (nSPS) is 14.4. The maximum Gasteiger partial charge on any atom is 0.363 e. The molecule has 0 amide bonds. The summed E-state index contributed by atoms with van der Waals surface area (Å²) in [4.78, 5) is 28.7. The van der Waals surface area contributed by atoms with E-state index in [4.69, 9.17) is 21.1 Å². The first kappa shape index (κ1) is 19.6. The summed E-state index contributed by atoms with van der Waals surface area (Å²) in [5.41, 5.74) is 2.78. The van der Waals surface area contributed by atoms with Crippen molar-refractivity contribution >= 4 is 35.5 Å². The molecular weight excluding hydrogens is 402 g/mol. The quantitative estimate of drug-likeness (QED) is 0.332. The minimum atomic E-state index is -0.556. The third-order valence-corrected chi connectivity index (χ3v) is 4.81. The predicted octanol–water partition coefficient (Wildman–Crippen LogP) is 5.21. The molecule has 148 valence electrons. The SMILES string of the molecule is Cc1ccccc1C(=O)Oc1ccc(C=C2N=C(c3ccccc3Cl)OC2=O)cc1. The number of hydrogen-bond donors (Lipinski definition) is 0. The lowest BCUT2D eigenvalue weighted by atomic mass is 10.1. The second-order valence-corrected chi connectivity index (χ2v) is 7.00. The van der Waals surface area contributed by atoms with Gasteiger partial charge >= 0.3 is 11.9 Å². The molecule has 0 radical (unpaired) electrons. The zero-order valence-electron chi connectivity index (χ0n) is 16.0. The van der Waals surface area contributed by atoms with E-state index in [-0.39, 0.29) is 11.6 Å². The Morgan fingerprint density at radius 1 is 1.00 bits per heavy atom. The highest BCUT2D eigenvalue weighted by Gasteiger charge is 2.25. The molecule has 0 atom stereocenters. The van der Waals surface area contributed by atoms with Gasteiger partial charge in [-0.15, -0.1) is 0 Å². The Morgan fingerprint density at radius 3 is 2.43 bits per heavy atom. The van der Waals surface area contributed by atoms with Gasteiger partial charge in [-0.1, -0.05) is 54.1 Å². The van der Waals surface area contributed by atoms with Crippen LogP contribution in [0.2, 0.25) is 5.02 Å². The Balaban J connectivity index is 1.51. The Hall–Kier alpha value is -3.70. The molecule has 0 aromatic heterocycles. The molecule has 0 saturated carbocycles. The van der Waals surface area contributed by atoms with Gasteiger partial charge in [0.05, 0.1) is 16.1 Å². The van der Waals surface area contributed by atoms with Crippen molar-refractivity contribution in [3.05, 3.63) is 106 Å². The molecule has 0 spiro atoms. The highest BCUT2D eigenvalue weighted by Crippen LogP contribution is 2.24. The van der Waals surface area contributed by atoms with Gasteiger partial charge in [-0.2, -0.15) is 0 Å². The molecule has 6 heteroatoms. The van der Waals surface area contributed by atoms with Crippen molar-refractivity contribution in [1.82, 2.24) is 0 Å². The standard InChI is InChI=1S/C24H16ClNO4/c1-15-6-2-3-7-18(15)23(27)29-17-12-10-16(11-13-17)14-21-24(28)30-22(26-21)19-8-4-5-9-20(19)25/h2-14H,1H3. The van der Waals surface area contributed by atoms with E-state index < -0.39 is 11.9 Å². The van der Waals surface area contributed by atoms with E-state index in [1.54, 1.807) is 66.7 Å². The lowest BCUT2D eigenvalue weighted by molar-refractivity contribution is -0.129. The minimum absolute atomic E-state index is 0.162. The van der Waals surface area contributed by atoms with Crippen LogP contribution in [0.5, 0.6) is 5.75 Å². The fourth-order valence-corrected chi connectivity index (χ4v) is 3.13. The van der Waals surface area contributed by atoms with E-state index in [0.717, 1.165) is 5.56 Å². The van der Waals surface area contributed by atoms with Gasteiger partial charge in [-0.05, 0) is 54.5 Å². The number of rotatable bonds is 4. The molecule has 0 unspecified atom stereocenters. The van der Waals surface area contributed by atoms with Gasteiger partial charge in [-0.25, -0.2) is 14.6 Å². The predicted molar refractivity (Wildman–Crippen MR) is 115 cm³/mol. The maximum atomic E-state index is 12.3. The highest BCUT2D eigenvalue weighted by molar-refractivity contribution is 6.34. The van der Waals surface area contributed by atoms with Crippen LogP contribution in [-0.2, 0) is 9.53 Å². The number of esters is 2. The van der Waals surface area contributed by atoms with Crippen molar-refractivity contribution < 1.29 is 19.1 Å². The molecule has 3 aromatic carbocycles. The molecule has 0 bridgehead atoms. The summed E-state index contributed by atoms with van der Waals surface area (Å²) in [5.74, 6) is -0.409. The molecule has 30 heavy (non-hydrogen) atoms. The third-order valence-electron chi connectivity index (χ3n) is 4.48. The first-order valence-electron chi connectivity index (χ1n) is 9.16. The number of aryl methyl sites for hydroxylation is 1. The van der Waals surface area contributed by atoms with Gasteiger partial charge in [0.25, 0.3) is 0 Å². The molecule has 0 fully saturated rings. The summed E-state index contributed by atoms with van der Waals surface area (Å²) < 4.78 is 10.7. The van der Waals surface area contributed by atoms with Crippen molar-refractivity contribution in [3.8, 4) is 5.75 Å². The van der Waals surface area contributed by atoms with E-state index in [1.807, 2.05) is 19.1 Å². The summed E-state index contributed by atoms with van der Waals surface area (Å²) in [6, 6.07) is 21.0. The Bertz CT molecular complexity index is 1200. The second kappa shape index (κ2) is 8.35. The van der Waals surface area contributed by atoms with E-state index in [0.29, 0.717) is 27.5 Å².